The van der Waals surface area contributed by atoms with E-state index in [4.69, 9.17) is 0 Å². The number of rotatable bonds is 15. The minimum Gasteiger partial charge on any atom is -0.364 e. The standard InChI is InChI=1S/C24H39N3/c1-3-25-17-18-26(21-25)16-14-12-10-8-6-5-7-9-11-13-15-22-19-23-20-24(22)27(23)4-2/h3-4,19H,1-2,5-18,20-21H2. The van der Waals surface area contributed by atoms with E-state index in [2.05, 4.69) is 33.6 Å². The molecule has 0 aromatic carbocycles. The molecule has 27 heavy (non-hydrogen) atoms. The van der Waals surface area contributed by atoms with E-state index in [1.54, 1.807) is 5.56 Å². The van der Waals surface area contributed by atoms with Crippen LogP contribution in [-0.4, -0.2) is 40.7 Å². The van der Waals surface area contributed by atoms with Crippen LogP contribution in [0.25, 0.3) is 6.20 Å². The van der Waals surface area contributed by atoms with Crippen molar-refractivity contribution in [2.24, 2.45) is 0 Å². The van der Waals surface area contributed by atoms with Gasteiger partial charge in [-0.25, -0.2) is 0 Å². The summed E-state index contributed by atoms with van der Waals surface area (Å²) >= 11 is 0. The van der Waals surface area contributed by atoms with E-state index in [0.29, 0.717) is 0 Å². The third-order valence-corrected chi connectivity index (χ3v) is 6.36. The Morgan fingerprint density at radius 2 is 1.48 bits per heavy atom. The molecule has 3 heteroatoms. The molecule has 2 aliphatic heterocycles. The summed E-state index contributed by atoms with van der Waals surface area (Å²) in [6.45, 7) is 12.5. The zero-order valence-corrected chi connectivity index (χ0v) is 17.3. The highest BCUT2D eigenvalue weighted by Gasteiger charge is 2.22. The zero-order chi connectivity index (χ0) is 18.9. The van der Waals surface area contributed by atoms with Crippen molar-refractivity contribution in [3.05, 3.63) is 42.4 Å². The molecule has 1 fully saturated rings. The Hall–Kier alpha value is -1.48. The summed E-state index contributed by atoms with van der Waals surface area (Å²) in [4.78, 5) is 4.86. The molecule has 3 heterocycles. The van der Waals surface area contributed by atoms with E-state index in [1.165, 1.54) is 102 Å². The molecule has 3 aliphatic rings. The summed E-state index contributed by atoms with van der Waals surface area (Å²) in [6, 6.07) is 2.39. The SMILES string of the molecule is C=CN1CCN(CCCCCCCCCCCCc2cc3n(C=C)c2C3)C1. The van der Waals surface area contributed by atoms with Gasteiger partial charge in [-0.05, 0) is 43.6 Å². The van der Waals surface area contributed by atoms with E-state index in [-0.39, 0.29) is 0 Å². The number of nitrogens with zero attached hydrogens (tertiary/aromatic N) is 3. The van der Waals surface area contributed by atoms with Gasteiger partial charge in [0.25, 0.3) is 0 Å². The van der Waals surface area contributed by atoms with Crippen LogP contribution in [0, 0.1) is 0 Å². The first-order valence-corrected chi connectivity index (χ1v) is 11.2. The van der Waals surface area contributed by atoms with Crippen LogP contribution in [-0.2, 0) is 12.8 Å². The van der Waals surface area contributed by atoms with Gasteiger partial charge >= 0.3 is 0 Å². The van der Waals surface area contributed by atoms with Crippen molar-refractivity contribution < 1.29 is 0 Å². The maximum absolute atomic E-state index is 3.89. The van der Waals surface area contributed by atoms with Crippen LogP contribution in [0.3, 0.4) is 0 Å². The Morgan fingerprint density at radius 1 is 0.815 bits per heavy atom. The maximum Gasteiger partial charge on any atom is 0.0702 e. The molecular formula is C24H39N3. The highest BCUT2D eigenvalue weighted by atomic mass is 15.4. The average molecular weight is 370 g/mol. The fourth-order valence-corrected chi connectivity index (χ4v) is 4.61. The molecule has 150 valence electrons. The first kappa shape index (κ1) is 20.3. The third-order valence-electron chi connectivity index (χ3n) is 6.36. The summed E-state index contributed by atoms with van der Waals surface area (Å²) in [7, 11) is 0. The molecule has 1 aliphatic carbocycles. The van der Waals surface area contributed by atoms with Gasteiger partial charge < -0.3 is 9.47 Å². The molecule has 0 radical (unpaired) electrons. The average Bonchev–Trinajstić information content (AvgIpc) is 3.37. The Kier molecular flexibility index (Phi) is 8.07. The Balaban J connectivity index is 1.07. The fraction of sp³-hybridized carbons (Fsp3) is 0.667. The van der Waals surface area contributed by atoms with Crippen LogP contribution in [0.15, 0.2) is 25.4 Å². The number of hydrogen-bond acceptors (Lipinski definition) is 2. The van der Waals surface area contributed by atoms with E-state index in [0.717, 1.165) is 13.2 Å². The van der Waals surface area contributed by atoms with E-state index in [9.17, 15) is 0 Å². The van der Waals surface area contributed by atoms with E-state index < -0.39 is 0 Å². The summed E-state index contributed by atoms with van der Waals surface area (Å²) in [5.74, 6) is 0. The molecule has 0 spiro atoms. The molecule has 1 aromatic heterocycles. The lowest BCUT2D eigenvalue weighted by molar-refractivity contribution is 0.282. The Bertz CT molecular complexity index is 601. The summed E-state index contributed by atoms with van der Waals surface area (Å²) in [5, 5.41) is 0. The Labute approximate surface area is 166 Å². The maximum atomic E-state index is 3.89. The third kappa shape index (κ3) is 5.75. The van der Waals surface area contributed by atoms with Crippen LogP contribution < -0.4 is 0 Å². The number of fused-ring (bicyclic) bond motifs is 1. The van der Waals surface area contributed by atoms with Gasteiger partial charge in [0, 0.05) is 37.1 Å². The second-order valence-electron chi connectivity index (χ2n) is 8.38. The predicted molar refractivity (Wildman–Crippen MR) is 117 cm³/mol. The van der Waals surface area contributed by atoms with Crippen LogP contribution in [0.1, 0.15) is 81.2 Å². The predicted octanol–water partition coefficient (Wildman–Crippen LogP) is 5.65. The summed E-state index contributed by atoms with van der Waals surface area (Å²) in [6.07, 6.45) is 20.5. The normalized spacial score (nSPS) is 15.9. The monoisotopic (exact) mass is 369 g/mol. The highest BCUT2D eigenvalue weighted by Crippen LogP contribution is 2.31. The van der Waals surface area contributed by atoms with Crippen molar-refractivity contribution in [2.75, 3.05) is 26.3 Å². The number of unbranched alkanes of at least 4 members (excludes halogenated alkanes) is 9. The number of aryl methyl sites for hydroxylation is 1. The van der Waals surface area contributed by atoms with Crippen molar-refractivity contribution in [3.8, 4) is 0 Å². The number of aromatic nitrogens is 1. The van der Waals surface area contributed by atoms with Crippen LogP contribution in [0.4, 0.5) is 0 Å². The highest BCUT2D eigenvalue weighted by molar-refractivity contribution is 5.47. The molecule has 1 aromatic rings. The second-order valence-corrected chi connectivity index (χ2v) is 8.38. The first-order valence-electron chi connectivity index (χ1n) is 11.2. The Morgan fingerprint density at radius 3 is 2.07 bits per heavy atom. The second kappa shape index (κ2) is 10.8. The minimum absolute atomic E-state index is 1.09. The van der Waals surface area contributed by atoms with Gasteiger partial charge in [-0.3, -0.25) is 4.90 Å². The summed E-state index contributed by atoms with van der Waals surface area (Å²) in [5.41, 5.74) is 4.55. The van der Waals surface area contributed by atoms with Crippen LogP contribution in [0.2, 0.25) is 0 Å². The molecule has 0 amide bonds. The van der Waals surface area contributed by atoms with Crippen LogP contribution in [0.5, 0.6) is 0 Å². The number of hydrogen-bond donors (Lipinski definition) is 0. The van der Waals surface area contributed by atoms with Crippen LogP contribution >= 0.6 is 0 Å². The van der Waals surface area contributed by atoms with Crippen molar-refractivity contribution in [3.63, 3.8) is 0 Å². The molecule has 4 rings (SSSR count). The molecule has 3 nitrogen and oxygen atoms in total. The first-order chi connectivity index (χ1) is 13.3. The van der Waals surface area contributed by atoms with Crippen molar-refractivity contribution in [1.29, 1.82) is 0 Å². The molecule has 0 saturated carbocycles. The van der Waals surface area contributed by atoms with Crippen molar-refractivity contribution in [1.82, 2.24) is 14.4 Å². The lowest BCUT2D eigenvalue weighted by atomic mass is 10.0. The molecule has 0 unspecified atom stereocenters. The van der Waals surface area contributed by atoms with Gasteiger partial charge in [0.05, 0.1) is 6.67 Å². The molecular weight excluding hydrogens is 330 g/mol. The van der Waals surface area contributed by atoms with Gasteiger partial charge in [-0.2, -0.15) is 0 Å². The van der Waals surface area contributed by atoms with Gasteiger partial charge in [-0.1, -0.05) is 64.5 Å². The quantitative estimate of drug-likeness (QED) is 0.376. The topological polar surface area (TPSA) is 11.4 Å². The van der Waals surface area contributed by atoms with E-state index in [1.807, 2.05) is 12.4 Å². The molecule has 0 atom stereocenters. The van der Waals surface area contributed by atoms with Gasteiger partial charge in [-0.15, -0.1) is 0 Å². The van der Waals surface area contributed by atoms with Gasteiger partial charge in [0.2, 0.25) is 0 Å². The molecule has 0 N–H and O–H groups in total. The smallest absolute Gasteiger partial charge is 0.0702 e. The lowest BCUT2D eigenvalue weighted by Gasteiger charge is -2.16. The largest absolute Gasteiger partial charge is 0.364 e. The summed E-state index contributed by atoms with van der Waals surface area (Å²) < 4.78 is 2.26. The zero-order valence-electron chi connectivity index (χ0n) is 17.3. The lowest BCUT2D eigenvalue weighted by Crippen LogP contribution is -2.23. The fourth-order valence-electron chi connectivity index (χ4n) is 4.61. The van der Waals surface area contributed by atoms with Gasteiger partial charge in [0.1, 0.15) is 0 Å². The molecule has 1 saturated heterocycles. The van der Waals surface area contributed by atoms with E-state index >= 15 is 0 Å². The van der Waals surface area contributed by atoms with Crippen molar-refractivity contribution in [2.45, 2.75) is 77.0 Å². The van der Waals surface area contributed by atoms with Crippen molar-refractivity contribution >= 4 is 6.20 Å². The molecule has 2 bridgehead atoms. The minimum atomic E-state index is 1.09. The van der Waals surface area contributed by atoms with Gasteiger partial charge in [0.15, 0.2) is 0 Å².